The van der Waals surface area contributed by atoms with Crippen molar-refractivity contribution in [3.63, 3.8) is 0 Å². The Bertz CT molecular complexity index is 704. The van der Waals surface area contributed by atoms with E-state index in [1.807, 2.05) is 6.07 Å². The zero-order chi connectivity index (χ0) is 15.6. The van der Waals surface area contributed by atoms with Crippen molar-refractivity contribution < 1.29 is 24.9 Å². The second kappa shape index (κ2) is 5.66. The van der Waals surface area contributed by atoms with E-state index >= 15 is 0 Å². The van der Waals surface area contributed by atoms with Gasteiger partial charge in [-0.1, -0.05) is 30.3 Å². The largest absolute Gasteiger partial charge is 0.507 e. The number of phenolic OH excluding ortho intramolecular Hbond substituents is 1. The van der Waals surface area contributed by atoms with Crippen LogP contribution in [-0.2, 0) is 6.42 Å². The smallest absolute Gasteiger partial charge is 0.337 e. The molecule has 2 aromatic rings. The maximum atomic E-state index is 11.4. The summed E-state index contributed by atoms with van der Waals surface area (Å²) in [5.74, 6) is -2.88. The molecule has 0 fully saturated rings. The summed E-state index contributed by atoms with van der Waals surface area (Å²) in [6, 6.07) is 10.2. The summed E-state index contributed by atoms with van der Waals surface area (Å²) in [5.41, 5.74) is 0.560. The maximum Gasteiger partial charge on any atom is 0.337 e. The molecule has 0 saturated heterocycles. The van der Waals surface area contributed by atoms with Crippen LogP contribution in [0.4, 0.5) is 0 Å². The first kappa shape index (κ1) is 14.6. The lowest BCUT2D eigenvalue weighted by Gasteiger charge is -2.14. The number of benzene rings is 2. The van der Waals surface area contributed by atoms with Gasteiger partial charge in [0.05, 0.1) is 11.1 Å². The number of carboxylic acids is 2. The highest BCUT2D eigenvalue weighted by molar-refractivity contribution is 6.03. The Hall–Kier alpha value is -2.82. The van der Waals surface area contributed by atoms with Crippen molar-refractivity contribution >= 4 is 11.9 Å². The first-order valence-corrected chi connectivity index (χ1v) is 6.27. The number of aromatic carboxylic acids is 2. The lowest BCUT2D eigenvalue weighted by atomic mass is 9.92. The molecule has 0 bridgehead atoms. The Kier molecular flexibility index (Phi) is 3.93. The van der Waals surface area contributed by atoms with Gasteiger partial charge in [-0.3, -0.25) is 0 Å². The number of rotatable bonds is 4. The molecule has 0 aliphatic heterocycles. The van der Waals surface area contributed by atoms with Crippen molar-refractivity contribution in [2.24, 2.45) is 0 Å². The van der Waals surface area contributed by atoms with Gasteiger partial charge in [-0.15, -0.1) is 0 Å². The van der Waals surface area contributed by atoms with E-state index in [1.165, 1.54) is 6.07 Å². The lowest BCUT2D eigenvalue weighted by molar-refractivity contribution is 0.0650. The van der Waals surface area contributed by atoms with Crippen molar-refractivity contribution in [3.05, 3.63) is 64.2 Å². The third kappa shape index (κ3) is 2.86. The van der Waals surface area contributed by atoms with Gasteiger partial charge >= 0.3 is 11.9 Å². The van der Waals surface area contributed by atoms with E-state index in [0.717, 1.165) is 5.56 Å². The first-order valence-electron chi connectivity index (χ1n) is 6.27. The zero-order valence-corrected chi connectivity index (χ0v) is 11.3. The van der Waals surface area contributed by atoms with Gasteiger partial charge in [0.1, 0.15) is 5.75 Å². The molecule has 21 heavy (non-hydrogen) atoms. The third-order valence-corrected chi connectivity index (χ3v) is 3.26. The minimum Gasteiger partial charge on any atom is -0.507 e. The molecule has 2 aromatic carbocycles. The summed E-state index contributed by atoms with van der Waals surface area (Å²) in [6.45, 7) is 1.54. The van der Waals surface area contributed by atoms with E-state index in [9.17, 15) is 24.9 Å². The van der Waals surface area contributed by atoms with Crippen LogP contribution in [0.2, 0.25) is 0 Å². The molecular weight excluding hydrogens is 272 g/mol. The SMILES string of the molecule is Cc1cc(C(=O)O)c(C(=O)O)c(Cc2ccccc2)c1O. The van der Waals surface area contributed by atoms with E-state index < -0.39 is 11.9 Å². The molecule has 0 heterocycles. The number of aromatic hydroxyl groups is 1. The number of aryl methyl sites for hydroxylation is 1. The molecule has 5 heteroatoms. The Morgan fingerprint density at radius 1 is 1.05 bits per heavy atom. The van der Waals surface area contributed by atoms with E-state index in [1.54, 1.807) is 31.2 Å². The molecule has 2 rings (SSSR count). The molecule has 0 unspecified atom stereocenters. The van der Waals surface area contributed by atoms with Crippen LogP contribution in [-0.4, -0.2) is 27.3 Å². The second-order valence-corrected chi connectivity index (χ2v) is 4.72. The maximum absolute atomic E-state index is 11.4. The van der Waals surface area contributed by atoms with Crippen molar-refractivity contribution in [1.82, 2.24) is 0 Å². The van der Waals surface area contributed by atoms with Gasteiger partial charge in [0, 0.05) is 12.0 Å². The van der Waals surface area contributed by atoms with Gasteiger partial charge in [0.15, 0.2) is 0 Å². The predicted octanol–water partition coefficient (Wildman–Crippen LogP) is 2.69. The van der Waals surface area contributed by atoms with Crippen molar-refractivity contribution in [1.29, 1.82) is 0 Å². The van der Waals surface area contributed by atoms with Gasteiger partial charge in [-0.05, 0) is 24.1 Å². The number of hydrogen-bond acceptors (Lipinski definition) is 3. The Labute approximate surface area is 121 Å². The average molecular weight is 286 g/mol. The molecule has 5 nitrogen and oxygen atoms in total. The van der Waals surface area contributed by atoms with E-state index in [-0.39, 0.29) is 28.9 Å². The highest BCUT2D eigenvalue weighted by Gasteiger charge is 2.24. The van der Waals surface area contributed by atoms with Crippen LogP contribution in [0, 0.1) is 6.92 Å². The standard InChI is InChI=1S/C16H14O5/c1-9-7-12(15(18)19)13(16(20)21)11(14(9)17)8-10-5-3-2-4-6-10/h2-7,17H,8H2,1H3,(H,18,19)(H,20,21). The van der Waals surface area contributed by atoms with E-state index in [2.05, 4.69) is 0 Å². The Morgan fingerprint density at radius 2 is 1.67 bits per heavy atom. The van der Waals surface area contributed by atoms with Crippen LogP contribution in [0.15, 0.2) is 36.4 Å². The monoisotopic (exact) mass is 286 g/mol. The number of carbonyl (C=O) groups is 2. The predicted molar refractivity (Wildman–Crippen MR) is 76.0 cm³/mol. The van der Waals surface area contributed by atoms with Gasteiger partial charge in [0.2, 0.25) is 0 Å². The summed E-state index contributed by atoms with van der Waals surface area (Å²) in [5, 5.41) is 28.6. The summed E-state index contributed by atoms with van der Waals surface area (Å²) in [6.07, 6.45) is 0.149. The normalized spacial score (nSPS) is 10.3. The van der Waals surface area contributed by atoms with Gasteiger partial charge in [-0.2, -0.15) is 0 Å². The number of hydrogen-bond donors (Lipinski definition) is 3. The highest BCUT2D eigenvalue weighted by atomic mass is 16.4. The minimum absolute atomic E-state index is 0.117. The molecule has 0 amide bonds. The molecule has 0 aliphatic rings. The van der Waals surface area contributed by atoms with Crippen LogP contribution < -0.4 is 0 Å². The van der Waals surface area contributed by atoms with Crippen LogP contribution in [0.1, 0.15) is 37.4 Å². The van der Waals surface area contributed by atoms with E-state index in [4.69, 9.17) is 0 Å². The zero-order valence-electron chi connectivity index (χ0n) is 11.3. The number of phenols is 1. The molecule has 3 N–H and O–H groups in total. The van der Waals surface area contributed by atoms with Crippen LogP contribution in [0.25, 0.3) is 0 Å². The van der Waals surface area contributed by atoms with Crippen LogP contribution in [0.5, 0.6) is 5.75 Å². The van der Waals surface area contributed by atoms with E-state index in [0.29, 0.717) is 5.56 Å². The van der Waals surface area contributed by atoms with Gasteiger partial charge < -0.3 is 15.3 Å². The average Bonchev–Trinajstić information content (AvgIpc) is 2.44. The quantitative estimate of drug-likeness (QED) is 0.803. The Morgan fingerprint density at radius 3 is 2.19 bits per heavy atom. The molecule has 0 spiro atoms. The molecule has 108 valence electrons. The lowest BCUT2D eigenvalue weighted by Crippen LogP contribution is -2.13. The molecule has 0 aliphatic carbocycles. The first-order chi connectivity index (χ1) is 9.91. The molecule has 0 aromatic heterocycles. The summed E-state index contributed by atoms with van der Waals surface area (Å²) in [4.78, 5) is 22.7. The molecule has 0 atom stereocenters. The molecule has 0 radical (unpaired) electrons. The second-order valence-electron chi connectivity index (χ2n) is 4.72. The van der Waals surface area contributed by atoms with Gasteiger partial charge in [0.25, 0.3) is 0 Å². The highest BCUT2D eigenvalue weighted by Crippen LogP contribution is 2.31. The third-order valence-electron chi connectivity index (χ3n) is 3.26. The fourth-order valence-electron chi connectivity index (χ4n) is 2.26. The number of carboxylic acid groups (broad SMARTS) is 2. The van der Waals surface area contributed by atoms with Crippen LogP contribution >= 0.6 is 0 Å². The topological polar surface area (TPSA) is 94.8 Å². The van der Waals surface area contributed by atoms with Crippen molar-refractivity contribution in [2.45, 2.75) is 13.3 Å². The van der Waals surface area contributed by atoms with Crippen LogP contribution in [0.3, 0.4) is 0 Å². The fourth-order valence-corrected chi connectivity index (χ4v) is 2.26. The summed E-state index contributed by atoms with van der Waals surface area (Å²) in [7, 11) is 0. The van der Waals surface area contributed by atoms with Crippen molar-refractivity contribution in [2.75, 3.05) is 0 Å². The summed E-state index contributed by atoms with van der Waals surface area (Å²) >= 11 is 0. The molecular formula is C16H14O5. The summed E-state index contributed by atoms with van der Waals surface area (Å²) < 4.78 is 0. The van der Waals surface area contributed by atoms with Gasteiger partial charge in [-0.25, -0.2) is 9.59 Å². The molecule has 0 saturated carbocycles. The fraction of sp³-hybridized carbons (Fsp3) is 0.125. The van der Waals surface area contributed by atoms with Crippen molar-refractivity contribution in [3.8, 4) is 5.75 Å². The Balaban J connectivity index is 2.67. The minimum atomic E-state index is -1.37.